The lowest BCUT2D eigenvalue weighted by atomic mass is 9.96. The van der Waals surface area contributed by atoms with Gasteiger partial charge in [0.25, 0.3) is 0 Å². The zero-order valence-electron chi connectivity index (χ0n) is 16.8. The van der Waals surface area contributed by atoms with E-state index < -0.39 is 0 Å². The molecule has 6 heteroatoms. The largest absolute Gasteiger partial charge is 0.494 e. The van der Waals surface area contributed by atoms with Crippen LogP contribution < -0.4 is 15.4 Å². The highest BCUT2D eigenvalue weighted by atomic mass is 32.1. The van der Waals surface area contributed by atoms with Crippen molar-refractivity contribution in [2.45, 2.75) is 58.9 Å². The summed E-state index contributed by atoms with van der Waals surface area (Å²) in [6.07, 6.45) is 5.41. The molecule has 5 nitrogen and oxygen atoms in total. The van der Waals surface area contributed by atoms with Crippen molar-refractivity contribution in [2.24, 2.45) is 5.92 Å². The third-order valence-corrected chi connectivity index (χ3v) is 5.12. The first-order valence-corrected chi connectivity index (χ1v) is 10.5. The molecule has 0 radical (unpaired) electrons. The SMILES string of the molecule is CCCCCOc1ccc(NC(=S)NC(=O)C2CCCN(C(C)C)C2)cc1. The number of carbonyl (C=O) groups excluding carboxylic acids is 1. The van der Waals surface area contributed by atoms with Gasteiger partial charge in [0.1, 0.15) is 5.75 Å². The second-order valence-corrected chi connectivity index (χ2v) is 7.86. The molecule has 1 fully saturated rings. The van der Waals surface area contributed by atoms with Crippen LogP contribution in [0.25, 0.3) is 0 Å². The molecule has 0 spiro atoms. The van der Waals surface area contributed by atoms with Gasteiger partial charge in [-0.2, -0.15) is 0 Å². The number of amides is 1. The molecule has 0 saturated carbocycles. The molecule has 1 unspecified atom stereocenters. The van der Waals surface area contributed by atoms with Crippen LogP contribution in [0, 0.1) is 5.92 Å². The van der Waals surface area contributed by atoms with Gasteiger partial charge in [-0.15, -0.1) is 0 Å². The molecule has 2 rings (SSSR count). The van der Waals surface area contributed by atoms with Gasteiger partial charge >= 0.3 is 0 Å². The number of hydrogen-bond donors (Lipinski definition) is 2. The van der Waals surface area contributed by atoms with Gasteiger partial charge in [0.15, 0.2) is 5.11 Å². The molecule has 1 aromatic carbocycles. The molecule has 1 saturated heterocycles. The third-order valence-electron chi connectivity index (χ3n) is 4.92. The average molecular weight is 392 g/mol. The Labute approximate surface area is 168 Å². The molecule has 0 aliphatic carbocycles. The molecule has 0 aromatic heterocycles. The molecule has 27 heavy (non-hydrogen) atoms. The number of carbonyl (C=O) groups is 1. The van der Waals surface area contributed by atoms with Gasteiger partial charge in [-0.05, 0) is 76.1 Å². The van der Waals surface area contributed by atoms with E-state index in [-0.39, 0.29) is 11.8 Å². The predicted octanol–water partition coefficient (Wildman–Crippen LogP) is 4.19. The van der Waals surface area contributed by atoms with Crippen molar-refractivity contribution in [3.63, 3.8) is 0 Å². The number of likely N-dealkylation sites (tertiary alicyclic amines) is 1. The number of nitrogens with zero attached hydrogens (tertiary/aromatic N) is 1. The molecule has 1 aromatic rings. The van der Waals surface area contributed by atoms with E-state index in [9.17, 15) is 4.79 Å². The lowest BCUT2D eigenvalue weighted by Gasteiger charge is -2.34. The molecule has 1 aliphatic heterocycles. The maximum atomic E-state index is 12.5. The molecule has 2 N–H and O–H groups in total. The maximum absolute atomic E-state index is 12.5. The predicted molar refractivity (Wildman–Crippen MR) is 115 cm³/mol. The molecular formula is C21H33N3O2S. The van der Waals surface area contributed by atoms with E-state index >= 15 is 0 Å². The lowest BCUT2D eigenvalue weighted by Crippen LogP contribution is -2.47. The van der Waals surface area contributed by atoms with E-state index in [1.165, 1.54) is 12.8 Å². The fourth-order valence-corrected chi connectivity index (χ4v) is 3.46. The van der Waals surface area contributed by atoms with Crippen LogP contribution in [0.3, 0.4) is 0 Å². The van der Waals surface area contributed by atoms with Crippen LogP contribution in [0.5, 0.6) is 5.75 Å². The fraction of sp³-hybridized carbons (Fsp3) is 0.619. The van der Waals surface area contributed by atoms with E-state index in [4.69, 9.17) is 17.0 Å². The van der Waals surface area contributed by atoms with Crippen molar-refractivity contribution in [3.8, 4) is 5.75 Å². The van der Waals surface area contributed by atoms with E-state index in [0.29, 0.717) is 11.2 Å². The van der Waals surface area contributed by atoms with E-state index in [1.807, 2.05) is 24.3 Å². The maximum Gasteiger partial charge on any atom is 0.230 e. The number of piperidine rings is 1. The Morgan fingerprint density at radius 2 is 2.04 bits per heavy atom. The zero-order chi connectivity index (χ0) is 19.6. The Kier molecular flexibility index (Phi) is 9.01. The minimum atomic E-state index is -0.000188. The number of anilines is 1. The quantitative estimate of drug-likeness (QED) is 0.514. The van der Waals surface area contributed by atoms with Crippen molar-refractivity contribution < 1.29 is 9.53 Å². The van der Waals surface area contributed by atoms with Crippen molar-refractivity contribution in [3.05, 3.63) is 24.3 Å². The van der Waals surface area contributed by atoms with Crippen LogP contribution >= 0.6 is 12.2 Å². The van der Waals surface area contributed by atoms with Crippen molar-refractivity contribution in [2.75, 3.05) is 25.0 Å². The summed E-state index contributed by atoms with van der Waals surface area (Å²) in [5.41, 5.74) is 0.841. The standard InChI is InChI=1S/C21H33N3O2S/c1-4-5-6-14-26-19-11-9-18(10-12-19)22-21(27)23-20(25)17-8-7-13-24(15-17)16(2)3/h9-12,16-17H,4-8,13-15H2,1-3H3,(H2,22,23,25,27). The summed E-state index contributed by atoms with van der Waals surface area (Å²) in [6, 6.07) is 8.12. The van der Waals surface area contributed by atoms with Gasteiger partial charge in [0.05, 0.1) is 12.5 Å². The van der Waals surface area contributed by atoms with Crippen molar-refractivity contribution in [1.29, 1.82) is 0 Å². The van der Waals surface area contributed by atoms with E-state index in [2.05, 4.69) is 36.3 Å². The van der Waals surface area contributed by atoms with Gasteiger partial charge in [-0.1, -0.05) is 19.8 Å². The molecule has 1 heterocycles. The average Bonchev–Trinajstić information content (AvgIpc) is 2.66. The number of benzene rings is 1. The number of ether oxygens (including phenoxy) is 1. The lowest BCUT2D eigenvalue weighted by molar-refractivity contribution is -0.125. The van der Waals surface area contributed by atoms with Crippen LogP contribution in [0.4, 0.5) is 5.69 Å². The molecular weight excluding hydrogens is 358 g/mol. The summed E-state index contributed by atoms with van der Waals surface area (Å²) in [7, 11) is 0. The van der Waals surface area contributed by atoms with Crippen LogP contribution in [-0.2, 0) is 4.79 Å². The normalized spacial score (nSPS) is 17.6. The molecule has 1 amide bonds. The summed E-state index contributed by atoms with van der Waals surface area (Å²) < 4.78 is 5.71. The van der Waals surface area contributed by atoms with E-state index in [1.54, 1.807) is 0 Å². The van der Waals surface area contributed by atoms with E-state index in [0.717, 1.165) is 50.4 Å². The van der Waals surface area contributed by atoms with Gasteiger partial charge in [-0.25, -0.2) is 0 Å². The number of rotatable bonds is 8. The Balaban J connectivity index is 1.77. The van der Waals surface area contributed by atoms with Gasteiger partial charge in [-0.3, -0.25) is 4.79 Å². The Hall–Kier alpha value is -1.66. The molecule has 0 bridgehead atoms. The first-order valence-electron chi connectivity index (χ1n) is 10.1. The number of hydrogen-bond acceptors (Lipinski definition) is 4. The molecule has 1 atom stereocenters. The molecule has 150 valence electrons. The summed E-state index contributed by atoms with van der Waals surface area (Å²) in [6.45, 7) is 9.13. The number of unbranched alkanes of at least 4 members (excludes halogenated alkanes) is 2. The highest BCUT2D eigenvalue weighted by Gasteiger charge is 2.27. The monoisotopic (exact) mass is 391 g/mol. The number of nitrogens with one attached hydrogen (secondary N) is 2. The third kappa shape index (κ3) is 7.46. The van der Waals surface area contributed by atoms with Crippen LogP contribution in [0.1, 0.15) is 52.9 Å². The Bertz CT molecular complexity index is 604. The summed E-state index contributed by atoms with van der Waals surface area (Å²) in [4.78, 5) is 14.9. The Morgan fingerprint density at radius 3 is 2.70 bits per heavy atom. The smallest absolute Gasteiger partial charge is 0.230 e. The topological polar surface area (TPSA) is 53.6 Å². The van der Waals surface area contributed by atoms with Gasteiger partial charge < -0.3 is 20.3 Å². The first-order chi connectivity index (χ1) is 13.0. The Morgan fingerprint density at radius 1 is 1.30 bits per heavy atom. The highest BCUT2D eigenvalue weighted by molar-refractivity contribution is 7.80. The summed E-state index contributed by atoms with van der Waals surface area (Å²) in [5, 5.41) is 6.27. The van der Waals surface area contributed by atoms with Crippen molar-refractivity contribution in [1.82, 2.24) is 10.2 Å². The minimum absolute atomic E-state index is 0.000188. The summed E-state index contributed by atoms with van der Waals surface area (Å²) in [5.74, 6) is 0.858. The second-order valence-electron chi connectivity index (χ2n) is 7.45. The molecule has 1 aliphatic rings. The van der Waals surface area contributed by atoms with Crippen LogP contribution in [0.2, 0.25) is 0 Å². The minimum Gasteiger partial charge on any atom is -0.494 e. The van der Waals surface area contributed by atoms with Crippen LogP contribution in [0.15, 0.2) is 24.3 Å². The first kappa shape index (κ1) is 21.6. The second kappa shape index (κ2) is 11.2. The number of thiocarbonyl (C=S) groups is 1. The summed E-state index contributed by atoms with van der Waals surface area (Å²) >= 11 is 5.31. The van der Waals surface area contributed by atoms with Crippen molar-refractivity contribution >= 4 is 28.9 Å². The van der Waals surface area contributed by atoms with Gasteiger partial charge in [0, 0.05) is 18.3 Å². The zero-order valence-corrected chi connectivity index (χ0v) is 17.6. The van der Waals surface area contributed by atoms with Crippen LogP contribution in [-0.4, -0.2) is 41.7 Å². The highest BCUT2D eigenvalue weighted by Crippen LogP contribution is 2.19. The van der Waals surface area contributed by atoms with Gasteiger partial charge in [0.2, 0.25) is 5.91 Å². The fourth-order valence-electron chi connectivity index (χ4n) is 3.24.